The van der Waals surface area contributed by atoms with Crippen LogP contribution >= 0.6 is 11.8 Å². The second-order valence-corrected chi connectivity index (χ2v) is 7.34. The Morgan fingerprint density at radius 1 is 1.00 bits per heavy atom. The molecule has 0 saturated carbocycles. The molecule has 0 spiro atoms. The van der Waals surface area contributed by atoms with Crippen molar-refractivity contribution in [2.45, 2.75) is 53.0 Å². The van der Waals surface area contributed by atoms with Gasteiger partial charge in [0.2, 0.25) is 0 Å². The average Bonchev–Trinajstić information content (AvgIpc) is 2.42. The van der Waals surface area contributed by atoms with Gasteiger partial charge < -0.3 is 5.32 Å². The van der Waals surface area contributed by atoms with Crippen molar-refractivity contribution in [2.24, 2.45) is 5.92 Å². The van der Waals surface area contributed by atoms with E-state index in [2.05, 4.69) is 76.0 Å². The summed E-state index contributed by atoms with van der Waals surface area (Å²) in [7, 11) is 0. The molecule has 0 radical (unpaired) electrons. The molecule has 1 nitrogen and oxygen atoms in total. The Kier molecular flexibility index (Phi) is 8.32. The Balaban J connectivity index is 2.56. The van der Waals surface area contributed by atoms with Gasteiger partial charge >= 0.3 is 0 Å². The van der Waals surface area contributed by atoms with E-state index in [9.17, 15) is 0 Å². The van der Waals surface area contributed by atoms with Crippen molar-refractivity contribution in [3.05, 3.63) is 35.4 Å². The van der Waals surface area contributed by atoms with Crippen molar-refractivity contribution >= 4 is 11.8 Å². The summed E-state index contributed by atoms with van der Waals surface area (Å²) in [5.41, 5.74) is 2.85. The summed E-state index contributed by atoms with van der Waals surface area (Å²) in [5.74, 6) is 3.86. The van der Waals surface area contributed by atoms with Crippen LogP contribution in [-0.2, 0) is 0 Å². The highest BCUT2D eigenvalue weighted by atomic mass is 32.2. The SMILES string of the molecule is CCNC(CSCCC(C)C)c1ccc(C(C)C)cc1. The summed E-state index contributed by atoms with van der Waals surface area (Å²) in [6.45, 7) is 12.3. The van der Waals surface area contributed by atoms with E-state index < -0.39 is 0 Å². The first kappa shape index (κ1) is 17.6. The summed E-state index contributed by atoms with van der Waals surface area (Å²) in [4.78, 5) is 0. The largest absolute Gasteiger partial charge is 0.310 e. The first-order chi connectivity index (χ1) is 9.54. The molecular formula is C18H31NS. The fourth-order valence-corrected chi connectivity index (χ4v) is 3.50. The van der Waals surface area contributed by atoms with Crippen LogP contribution < -0.4 is 5.32 Å². The van der Waals surface area contributed by atoms with E-state index in [1.54, 1.807) is 0 Å². The van der Waals surface area contributed by atoms with E-state index in [1.807, 2.05) is 0 Å². The van der Waals surface area contributed by atoms with Gasteiger partial charge in [-0.15, -0.1) is 0 Å². The predicted octanol–water partition coefficient (Wildman–Crippen LogP) is 5.24. The molecule has 1 rings (SSSR count). The van der Waals surface area contributed by atoms with Crippen molar-refractivity contribution in [1.82, 2.24) is 5.32 Å². The lowest BCUT2D eigenvalue weighted by molar-refractivity contribution is 0.602. The summed E-state index contributed by atoms with van der Waals surface area (Å²) < 4.78 is 0. The van der Waals surface area contributed by atoms with E-state index in [0.717, 1.165) is 12.5 Å². The van der Waals surface area contributed by atoms with Gasteiger partial charge in [-0.05, 0) is 41.7 Å². The maximum Gasteiger partial charge on any atom is 0.0411 e. The lowest BCUT2D eigenvalue weighted by atomic mass is 9.99. The predicted molar refractivity (Wildman–Crippen MR) is 93.7 cm³/mol. The zero-order valence-corrected chi connectivity index (χ0v) is 14.6. The van der Waals surface area contributed by atoms with Gasteiger partial charge in [-0.3, -0.25) is 0 Å². The lowest BCUT2D eigenvalue weighted by Crippen LogP contribution is -2.23. The molecule has 20 heavy (non-hydrogen) atoms. The smallest absolute Gasteiger partial charge is 0.0411 e. The van der Waals surface area contributed by atoms with Crippen molar-refractivity contribution < 1.29 is 0 Å². The van der Waals surface area contributed by atoms with Gasteiger partial charge in [0.25, 0.3) is 0 Å². The highest BCUT2D eigenvalue weighted by molar-refractivity contribution is 7.99. The molecule has 1 unspecified atom stereocenters. The molecule has 0 aliphatic carbocycles. The third-order valence-electron chi connectivity index (χ3n) is 3.58. The Hall–Kier alpha value is -0.470. The van der Waals surface area contributed by atoms with Crippen LogP contribution in [0.3, 0.4) is 0 Å². The number of benzene rings is 1. The van der Waals surface area contributed by atoms with Crippen LogP contribution in [0.1, 0.15) is 64.1 Å². The zero-order valence-electron chi connectivity index (χ0n) is 13.8. The molecule has 114 valence electrons. The van der Waals surface area contributed by atoms with Crippen LogP contribution in [0.4, 0.5) is 0 Å². The number of hydrogen-bond donors (Lipinski definition) is 1. The van der Waals surface area contributed by atoms with Gasteiger partial charge in [-0.25, -0.2) is 0 Å². The van der Waals surface area contributed by atoms with Gasteiger partial charge in [0.1, 0.15) is 0 Å². The minimum Gasteiger partial charge on any atom is -0.310 e. The third-order valence-corrected chi connectivity index (χ3v) is 4.67. The Labute approximate surface area is 129 Å². The van der Waals surface area contributed by atoms with Crippen LogP contribution in [0.5, 0.6) is 0 Å². The second kappa shape index (κ2) is 9.46. The summed E-state index contributed by atoms with van der Waals surface area (Å²) in [6.07, 6.45) is 1.32. The fourth-order valence-electron chi connectivity index (χ4n) is 2.15. The van der Waals surface area contributed by atoms with Crippen LogP contribution in [0.15, 0.2) is 24.3 Å². The highest BCUT2D eigenvalue weighted by Gasteiger charge is 2.11. The molecule has 0 amide bonds. The van der Waals surface area contributed by atoms with Gasteiger partial charge in [-0.1, -0.05) is 58.9 Å². The molecule has 1 N–H and O–H groups in total. The summed E-state index contributed by atoms with van der Waals surface area (Å²) in [5, 5.41) is 3.61. The van der Waals surface area contributed by atoms with Crippen molar-refractivity contribution in [1.29, 1.82) is 0 Å². The van der Waals surface area contributed by atoms with Crippen molar-refractivity contribution in [3.8, 4) is 0 Å². The Morgan fingerprint density at radius 3 is 2.10 bits per heavy atom. The van der Waals surface area contributed by atoms with Gasteiger partial charge in [0.15, 0.2) is 0 Å². The zero-order chi connectivity index (χ0) is 15.0. The molecule has 0 bridgehead atoms. The monoisotopic (exact) mass is 293 g/mol. The van der Waals surface area contributed by atoms with E-state index in [0.29, 0.717) is 12.0 Å². The van der Waals surface area contributed by atoms with Gasteiger partial charge in [0, 0.05) is 11.8 Å². The quantitative estimate of drug-likeness (QED) is 0.625. The Bertz CT molecular complexity index is 356. The molecule has 1 aromatic carbocycles. The third kappa shape index (κ3) is 6.32. The standard InChI is InChI=1S/C18H31NS/c1-6-19-18(13-20-12-11-14(2)3)17-9-7-16(8-10-17)15(4)5/h7-10,14-15,18-19H,6,11-13H2,1-5H3. The topological polar surface area (TPSA) is 12.0 Å². The molecule has 0 aliphatic rings. The molecule has 0 aromatic heterocycles. The van der Waals surface area contributed by atoms with E-state index in [-0.39, 0.29) is 0 Å². The van der Waals surface area contributed by atoms with Crippen LogP contribution in [0, 0.1) is 5.92 Å². The number of rotatable bonds is 9. The average molecular weight is 294 g/mol. The van der Waals surface area contributed by atoms with Crippen molar-refractivity contribution in [3.63, 3.8) is 0 Å². The molecule has 1 aromatic rings. The molecule has 0 heterocycles. The van der Waals surface area contributed by atoms with Gasteiger partial charge in [-0.2, -0.15) is 11.8 Å². The fraction of sp³-hybridized carbons (Fsp3) is 0.667. The first-order valence-corrected chi connectivity index (χ1v) is 9.11. The van der Waals surface area contributed by atoms with E-state index in [4.69, 9.17) is 0 Å². The maximum absolute atomic E-state index is 3.61. The summed E-state index contributed by atoms with van der Waals surface area (Å²) >= 11 is 2.07. The minimum atomic E-state index is 0.485. The lowest BCUT2D eigenvalue weighted by Gasteiger charge is -2.19. The van der Waals surface area contributed by atoms with Gasteiger partial charge in [0.05, 0.1) is 0 Å². The molecule has 1 atom stereocenters. The number of nitrogens with one attached hydrogen (secondary N) is 1. The molecular weight excluding hydrogens is 262 g/mol. The van der Waals surface area contributed by atoms with E-state index in [1.165, 1.54) is 29.1 Å². The molecule has 0 saturated heterocycles. The number of hydrogen-bond acceptors (Lipinski definition) is 2. The minimum absolute atomic E-state index is 0.485. The molecule has 0 aliphatic heterocycles. The second-order valence-electron chi connectivity index (χ2n) is 6.19. The van der Waals surface area contributed by atoms with Crippen LogP contribution in [0.2, 0.25) is 0 Å². The summed E-state index contributed by atoms with van der Waals surface area (Å²) in [6, 6.07) is 9.64. The molecule has 2 heteroatoms. The highest BCUT2D eigenvalue weighted by Crippen LogP contribution is 2.22. The van der Waals surface area contributed by atoms with Crippen molar-refractivity contribution in [2.75, 3.05) is 18.1 Å². The normalized spacial score (nSPS) is 13.2. The Morgan fingerprint density at radius 2 is 1.60 bits per heavy atom. The molecule has 0 fully saturated rings. The van der Waals surface area contributed by atoms with E-state index >= 15 is 0 Å². The first-order valence-electron chi connectivity index (χ1n) is 7.95. The van der Waals surface area contributed by atoms with Crippen LogP contribution in [0.25, 0.3) is 0 Å². The maximum atomic E-state index is 3.61. The van der Waals surface area contributed by atoms with Crippen LogP contribution in [-0.4, -0.2) is 18.1 Å². The number of thioether (sulfide) groups is 1.